The summed E-state index contributed by atoms with van der Waals surface area (Å²) in [5.74, 6) is -0.819. The van der Waals surface area contributed by atoms with E-state index in [1.165, 1.54) is 11.0 Å². The molecule has 0 unspecified atom stereocenters. The molecule has 0 fully saturated rings. The van der Waals surface area contributed by atoms with Gasteiger partial charge in [-0.2, -0.15) is 5.10 Å². The second-order valence-electron chi connectivity index (χ2n) is 5.98. The molecular weight excluding hydrogens is 318 g/mol. The number of carbonyl (C=O) groups excluding carboxylic acids is 2. The van der Waals surface area contributed by atoms with Crippen molar-refractivity contribution in [3.05, 3.63) is 53.4 Å². The van der Waals surface area contributed by atoms with Gasteiger partial charge in [-0.15, -0.1) is 0 Å². The molecule has 0 spiro atoms. The van der Waals surface area contributed by atoms with Gasteiger partial charge in [0.2, 0.25) is 0 Å². The molecule has 1 aromatic heterocycles. The van der Waals surface area contributed by atoms with Crippen LogP contribution < -0.4 is 0 Å². The zero-order valence-electron chi connectivity index (χ0n) is 15.2. The largest absolute Gasteiger partial charge is 0.449 e. The molecule has 132 valence electrons. The third kappa shape index (κ3) is 4.35. The van der Waals surface area contributed by atoms with Crippen molar-refractivity contribution in [2.75, 3.05) is 14.1 Å². The van der Waals surface area contributed by atoms with Crippen molar-refractivity contribution in [1.82, 2.24) is 14.7 Å². The monoisotopic (exact) mass is 341 g/mol. The van der Waals surface area contributed by atoms with Crippen LogP contribution >= 0.6 is 0 Å². The molecule has 2 rings (SSSR count). The van der Waals surface area contributed by atoms with Crippen molar-refractivity contribution >= 4 is 18.0 Å². The summed E-state index contributed by atoms with van der Waals surface area (Å²) in [5.41, 5.74) is 3.54. The zero-order valence-corrected chi connectivity index (χ0v) is 15.2. The molecule has 0 aliphatic carbocycles. The minimum Gasteiger partial charge on any atom is -0.449 e. The fourth-order valence-corrected chi connectivity index (χ4v) is 2.50. The molecule has 0 radical (unpaired) electrons. The molecule has 2 aromatic rings. The maximum atomic E-state index is 11.9. The van der Waals surface area contributed by atoms with E-state index in [9.17, 15) is 9.59 Å². The topological polar surface area (TPSA) is 64.4 Å². The molecule has 0 saturated carbocycles. The maximum absolute atomic E-state index is 11.9. The highest BCUT2D eigenvalue weighted by atomic mass is 16.5. The van der Waals surface area contributed by atoms with Gasteiger partial charge in [-0.1, -0.05) is 18.2 Å². The van der Waals surface area contributed by atoms with Crippen LogP contribution in [0.4, 0.5) is 0 Å². The molecule has 0 bridgehead atoms. The summed E-state index contributed by atoms with van der Waals surface area (Å²) in [6.07, 6.45) is 2.18. The van der Waals surface area contributed by atoms with Crippen molar-refractivity contribution in [3.63, 3.8) is 0 Å². The number of hydrogen-bond acceptors (Lipinski definition) is 4. The summed E-state index contributed by atoms with van der Waals surface area (Å²) >= 11 is 0. The average molecular weight is 341 g/mol. The Bertz CT molecular complexity index is 792. The molecule has 6 nitrogen and oxygen atoms in total. The molecule has 25 heavy (non-hydrogen) atoms. The van der Waals surface area contributed by atoms with Crippen molar-refractivity contribution in [2.45, 2.75) is 26.9 Å². The minimum absolute atomic E-state index is 0.258. The molecule has 0 aliphatic heterocycles. The van der Waals surface area contributed by atoms with Gasteiger partial charge in [-0.3, -0.25) is 4.79 Å². The Labute approximate surface area is 147 Å². The third-order valence-corrected chi connectivity index (χ3v) is 3.82. The van der Waals surface area contributed by atoms with Gasteiger partial charge in [-0.25, -0.2) is 9.48 Å². The smallest absolute Gasteiger partial charge is 0.331 e. The highest BCUT2D eigenvalue weighted by Crippen LogP contribution is 2.19. The van der Waals surface area contributed by atoms with Crippen LogP contribution in [0.15, 0.2) is 36.4 Å². The molecule has 6 heteroatoms. The first-order valence-electron chi connectivity index (χ1n) is 8.02. The third-order valence-electron chi connectivity index (χ3n) is 3.82. The van der Waals surface area contributed by atoms with E-state index in [0.29, 0.717) is 0 Å². The summed E-state index contributed by atoms with van der Waals surface area (Å²) in [6.45, 7) is 5.38. The lowest BCUT2D eigenvalue weighted by atomic mass is 10.2. The molecule has 1 atom stereocenters. The number of rotatable bonds is 5. The van der Waals surface area contributed by atoms with E-state index in [1.807, 2.05) is 48.9 Å². The number of nitrogens with zero attached hydrogens (tertiary/aromatic N) is 3. The first-order valence-corrected chi connectivity index (χ1v) is 8.02. The minimum atomic E-state index is -0.818. The van der Waals surface area contributed by atoms with Crippen LogP contribution in [0.3, 0.4) is 0 Å². The highest BCUT2D eigenvalue weighted by molar-refractivity contribution is 5.90. The SMILES string of the molecule is Cc1nn(-c2ccccc2)c(C)c1/C=C/C(=O)O[C@@H](C)C(=O)N(C)C. The van der Waals surface area contributed by atoms with Crippen molar-refractivity contribution < 1.29 is 14.3 Å². The Kier molecular flexibility index (Phi) is 5.75. The van der Waals surface area contributed by atoms with E-state index in [1.54, 1.807) is 27.1 Å². The van der Waals surface area contributed by atoms with Crippen LogP contribution in [0.25, 0.3) is 11.8 Å². The number of benzene rings is 1. The lowest BCUT2D eigenvalue weighted by molar-refractivity contribution is -0.153. The van der Waals surface area contributed by atoms with Crippen LogP contribution in [-0.2, 0) is 14.3 Å². The predicted octanol–water partition coefficient (Wildman–Crippen LogP) is 2.52. The normalized spacial score (nSPS) is 12.2. The molecule has 0 N–H and O–H groups in total. The zero-order chi connectivity index (χ0) is 18.6. The van der Waals surface area contributed by atoms with Gasteiger partial charge < -0.3 is 9.64 Å². The number of para-hydroxylation sites is 1. The van der Waals surface area contributed by atoms with Gasteiger partial charge in [0.1, 0.15) is 0 Å². The fourth-order valence-electron chi connectivity index (χ4n) is 2.50. The van der Waals surface area contributed by atoms with Crippen LogP contribution in [0, 0.1) is 13.8 Å². The number of hydrogen-bond donors (Lipinski definition) is 0. The molecule has 1 heterocycles. The van der Waals surface area contributed by atoms with Crippen LogP contribution in [0.1, 0.15) is 23.9 Å². The van der Waals surface area contributed by atoms with Gasteiger partial charge in [0, 0.05) is 31.4 Å². The quantitative estimate of drug-likeness (QED) is 0.619. The lowest BCUT2D eigenvalue weighted by Gasteiger charge is -2.16. The van der Waals surface area contributed by atoms with E-state index in [2.05, 4.69) is 5.10 Å². The van der Waals surface area contributed by atoms with Crippen molar-refractivity contribution in [3.8, 4) is 5.69 Å². The second kappa shape index (κ2) is 7.79. The molecular formula is C19H23N3O3. The lowest BCUT2D eigenvalue weighted by Crippen LogP contribution is -2.34. The second-order valence-corrected chi connectivity index (χ2v) is 5.98. The van der Waals surface area contributed by atoms with Crippen LogP contribution in [0.2, 0.25) is 0 Å². The molecule has 1 amide bonds. The fraction of sp³-hybridized carbons (Fsp3) is 0.316. The van der Waals surface area contributed by atoms with E-state index >= 15 is 0 Å². The summed E-state index contributed by atoms with van der Waals surface area (Å²) in [6, 6.07) is 9.78. The van der Waals surface area contributed by atoms with Crippen LogP contribution in [0.5, 0.6) is 0 Å². The van der Waals surface area contributed by atoms with Crippen LogP contribution in [-0.4, -0.2) is 46.8 Å². The number of amides is 1. The number of likely N-dealkylation sites (N-methyl/N-ethyl adjacent to an activating group) is 1. The summed E-state index contributed by atoms with van der Waals surface area (Å²) < 4.78 is 6.95. The van der Waals surface area contributed by atoms with E-state index in [0.717, 1.165) is 22.6 Å². The Morgan fingerprint density at radius 1 is 1.20 bits per heavy atom. The average Bonchev–Trinajstić information content (AvgIpc) is 2.87. The summed E-state index contributed by atoms with van der Waals surface area (Å²) in [7, 11) is 3.24. The highest BCUT2D eigenvalue weighted by Gasteiger charge is 2.18. The number of carbonyl (C=O) groups is 2. The number of aryl methyl sites for hydroxylation is 1. The molecule has 1 aromatic carbocycles. The van der Waals surface area contributed by atoms with Gasteiger partial charge in [0.25, 0.3) is 5.91 Å². The predicted molar refractivity (Wildman–Crippen MR) is 96.3 cm³/mol. The Morgan fingerprint density at radius 2 is 1.84 bits per heavy atom. The number of esters is 1. The number of ether oxygens (including phenoxy) is 1. The molecule has 0 aliphatic rings. The first kappa shape index (κ1) is 18.4. The first-order chi connectivity index (χ1) is 11.8. The number of aromatic nitrogens is 2. The standard InChI is InChI=1S/C19H23N3O3/c1-13-17(11-12-18(23)25-15(3)19(24)21(4)5)14(2)22(20-13)16-9-7-6-8-10-16/h6-12,15H,1-5H3/b12-11+/t15-/m0/s1. The van der Waals surface area contributed by atoms with Crippen molar-refractivity contribution in [2.24, 2.45) is 0 Å². The summed E-state index contributed by atoms with van der Waals surface area (Å²) in [4.78, 5) is 25.1. The van der Waals surface area contributed by atoms with E-state index in [-0.39, 0.29) is 5.91 Å². The molecule has 0 saturated heterocycles. The van der Waals surface area contributed by atoms with Gasteiger partial charge in [0.15, 0.2) is 6.10 Å². The van der Waals surface area contributed by atoms with Gasteiger partial charge >= 0.3 is 5.97 Å². The van der Waals surface area contributed by atoms with Gasteiger partial charge in [-0.05, 0) is 39.0 Å². The Balaban J connectivity index is 2.15. The van der Waals surface area contributed by atoms with E-state index < -0.39 is 12.1 Å². The maximum Gasteiger partial charge on any atom is 0.331 e. The summed E-state index contributed by atoms with van der Waals surface area (Å²) in [5, 5.41) is 4.52. The Morgan fingerprint density at radius 3 is 2.44 bits per heavy atom. The van der Waals surface area contributed by atoms with Crippen molar-refractivity contribution in [1.29, 1.82) is 0 Å². The van der Waals surface area contributed by atoms with E-state index in [4.69, 9.17) is 4.74 Å². The Hall–Kier alpha value is -2.89. The van der Waals surface area contributed by atoms with Gasteiger partial charge in [0.05, 0.1) is 11.4 Å².